The van der Waals surface area contributed by atoms with Gasteiger partial charge in [0.25, 0.3) is 0 Å². The third kappa shape index (κ3) is 3.83. The maximum Gasteiger partial charge on any atom is 0.117 e. The summed E-state index contributed by atoms with van der Waals surface area (Å²) < 4.78 is 1.05. The predicted molar refractivity (Wildman–Crippen MR) is 41.5 cm³/mol. The molecule has 4 heteroatoms. The fourth-order valence-corrected chi connectivity index (χ4v) is 0.787. The Balaban J connectivity index is 3.72. The van der Waals surface area contributed by atoms with E-state index in [0.29, 0.717) is 5.33 Å². The van der Waals surface area contributed by atoms with Gasteiger partial charge in [-0.2, -0.15) is 0 Å². The summed E-state index contributed by atoms with van der Waals surface area (Å²) in [7, 11) is 0. The zero-order valence-electron chi connectivity index (χ0n) is 3.22. The Morgan fingerprint density at radius 1 is 1.43 bits per heavy atom. The van der Waals surface area contributed by atoms with Crippen molar-refractivity contribution in [2.75, 3.05) is 5.33 Å². The fourth-order valence-electron chi connectivity index (χ4n) is 0.0505. The topological polar surface area (TPSA) is 0 Å². The summed E-state index contributed by atoms with van der Waals surface area (Å²) >= 11 is 16.8. The van der Waals surface area contributed by atoms with Crippen molar-refractivity contribution in [1.82, 2.24) is 0 Å². The molecule has 0 spiro atoms. The Bertz CT molecular complexity index is 84.9. The summed E-state index contributed by atoms with van der Waals surface area (Å²) in [6, 6.07) is 0. The van der Waals surface area contributed by atoms with E-state index in [1.54, 1.807) is 0 Å². The zero-order chi connectivity index (χ0) is 5.86. The molecule has 0 aliphatic rings. The number of allylic oxidation sites excluding steroid dienone is 1. The van der Waals surface area contributed by atoms with Crippen molar-refractivity contribution < 1.29 is 0 Å². The summed E-state index contributed by atoms with van der Waals surface area (Å²) in [6.07, 6.45) is 0. The molecule has 0 aromatic rings. The van der Waals surface area contributed by atoms with Crippen molar-refractivity contribution in [2.45, 2.75) is 0 Å². The number of rotatable bonds is 1. The van der Waals surface area contributed by atoms with Crippen LogP contribution in [0.4, 0.5) is 0 Å². The quantitative estimate of drug-likeness (QED) is 0.639. The Morgan fingerprint density at radius 2 is 1.86 bits per heavy atom. The highest BCUT2D eigenvalue weighted by atomic mass is 79.9. The molecule has 0 nitrogen and oxygen atoms in total. The Hall–Kier alpha value is 1.28. The van der Waals surface area contributed by atoms with E-state index in [0.717, 1.165) is 4.48 Å². The average molecular weight is 269 g/mol. The molecule has 0 saturated heterocycles. The molecule has 42 valence electrons. The van der Waals surface area contributed by atoms with Crippen LogP contribution in [0.3, 0.4) is 0 Å². The first-order valence-corrected chi connectivity index (χ1v) is 4.11. The lowest BCUT2D eigenvalue weighted by Gasteiger charge is -1.86. The van der Waals surface area contributed by atoms with Gasteiger partial charge in [0.15, 0.2) is 0 Å². The van der Waals surface area contributed by atoms with E-state index >= 15 is 0 Å². The van der Waals surface area contributed by atoms with Crippen LogP contribution in [0.15, 0.2) is 8.97 Å². The lowest BCUT2D eigenvalue weighted by atomic mass is 10.8. The first-order valence-electron chi connectivity index (χ1n) is 1.44. The van der Waals surface area contributed by atoms with E-state index in [4.69, 9.17) is 23.2 Å². The van der Waals surface area contributed by atoms with Crippen LogP contribution in [0.1, 0.15) is 0 Å². The highest BCUT2D eigenvalue weighted by Crippen LogP contribution is 2.20. The normalized spacial score (nSPS) is 8.57. The number of hydrogen-bond acceptors (Lipinski definition) is 0. The van der Waals surface area contributed by atoms with E-state index < -0.39 is 0 Å². The smallest absolute Gasteiger partial charge is 0.0870 e. The Kier molecular flexibility index (Phi) is 4.95. The van der Waals surface area contributed by atoms with E-state index in [-0.39, 0.29) is 4.49 Å². The molecule has 0 aromatic heterocycles. The molecule has 0 fully saturated rings. The molecule has 0 saturated carbocycles. The van der Waals surface area contributed by atoms with Gasteiger partial charge in [-0.25, -0.2) is 0 Å². The highest BCUT2D eigenvalue weighted by Gasteiger charge is 1.91. The first kappa shape index (κ1) is 8.28. The van der Waals surface area contributed by atoms with Gasteiger partial charge in [-0.3, -0.25) is 0 Å². The van der Waals surface area contributed by atoms with Gasteiger partial charge < -0.3 is 0 Å². The SMILES string of the molecule is ClC(Cl)=C(Br)CBr. The molecule has 0 heterocycles. The molecule has 0 bridgehead atoms. The molecule has 0 N–H and O–H groups in total. The molecular formula is C3H2Br2Cl2. The van der Waals surface area contributed by atoms with Crippen molar-refractivity contribution in [3.05, 3.63) is 8.97 Å². The van der Waals surface area contributed by atoms with Crippen molar-refractivity contribution >= 4 is 55.1 Å². The van der Waals surface area contributed by atoms with Gasteiger partial charge in [-0.1, -0.05) is 55.1 Å². The van der Waals surface area contributed by atoms with Crippen molar-refractivity contribution in [1.29, 1.82) is 0 Å². The highest BCUT2D eigenvalue weighted by molar-refractivity contribution is 9.13. The third-order valence-electron chi connectivity index (χ3n) is 0.322. The molecular weight excluding hydrogens is 267 g/mol. The van der Waals surface area contributed by atoms with Gasteiger partial charge in [-0.05, 0) is 0 Å². The number of halogens is 4. The fraction of sp³-hybridized carbons (Fsp3) is 0.333. The Morgan fingerprint density at radius 3 is 1.86 bits per heavy atom. The largest absolute Gasteiger partial charge is 0.117 e. The second-order valence-corrected chi connectivity index (χ2v) is 3.27. The van der Waals surface area contributed by atoms with E-state index in [1.165, 1.54) is 0 Å². The summed E-state index contributed by atoms with van der Waals surface area (Å²) in [4.78, 5) is 0. The second-order valence-electron chi connectivity index (χ2n) is 0.799. The second kappa shape index (κ2) is 4.19. The van der Waals surface area contributed by atoms with Gasteiger partial charge in [0.2, 0.25) is 0 Å². The van der Waals surface area contributed by atoms with Crippen LogP contribution < -0.4 is 0 Å². The summed E-state index contributed by atoms with van der Waals surface area (Å²) in [5.41, 5.74) is 0. The van der Waals surface area contributed by atoms with Gasteiger partial charge in [0.1, 0.15) is 4.49 Å². The third-order valence-corrected chi connectivity index (χ3v) is 3.23. The summed E-state index contributed by atoms with van der Waals surface area (Å²) in [5.74, 6) is 0. The van der Waals surface area contributed by atoms with Crippen LogP contribution in [-0.2, 0) is 0 Å². The van der Waals surface area contributed by atoms with Crippen LogP contribution in [0.5, 0.6) is 0 Å². The van der Waals surface area contributed by atoms with Crippen LogP contribution in [0, 0.1) is 0 Å². The van der Waals surface area contributed by atoms with E-state index in [2.05, 4.69) is 31.9 Å². The lowest BCUT2D eigenvalue weighted by Crippen LogP contribution is -1.68. The summed E-state index contributed by atoms with van der Waals surface area (Å²) in [6.45, 7) is 0. The molecule has 0 aliphatic carbocycles. The molecule has 0 amide bonds. The minimum Gasteiger partial charge on any atom is -0.0870 e. The van der Waals surface area contributed by atoms with Crippen LogP contribution in [0.2, 0.25) is 0 Å². The molecule has 0 radical (unpaired) electrons. The Labute approximate surface area is 69.1 Å². The molecule has 0 atom stereocenters. The minimum absolute atomic E-state index is 0.275. The lowest BCUT2D eigenvalue weighted by molar-refractivity contribution is 1.78. The average Bonchev–Trinajstić information content (AvgIpc) is 1.65. The van der Waals surface area contributed by atoms with Crippen LogP contribution >= 0.6 is 55.1 Å². The molecule has 7 heavy (non-hydrogen) atoms. The van der Waals surface area contributed by atoms with E-state index in [9.17, 15) is 0 Å². The van der Waals surface area contributed by atoms with Crippen molar-refractivity contribution in [3.8, 4) is 0 Å². The number of hydrogen-bond donors (Lipinski definition) is 0. The van der Waals surface area contributed by atoms with Gasteiger partial charge in [0, 0.05) is 9.81 Å². The van der Waals surface area contributed by atoms with Crippen LogP contribution in [0.25, 0.3) is 0 Å². The maximum absolute atomic E-state index is 5.30. The standard InChI is InChI=1S/C3H2Br2Cl2/c4-1-2(5)3(6)7/h1H2. The monoisotopic (exact) mass is 266 g/mol. The van der Waals surface area contributed by atoms with Gasteiger partial charge in [0.05, 0.1) is 0 Å². The van der Waals surface area contributed by atoms with Crippen molar-refractivity contribution in [3.63, 3.8) is 0 Å². The van der Waals surface area contributed by atoms with Crippen LogP contribution in [-0.4, -0.2) is 5.33 Å². The van der Waals surface area contributed by atoms with Crippen molar-refractivity contribution in [2.24, 2.45) is 0 Å². The molecule has 0 aliphatic heterocycles. The zero-order valence-corrected chi connectivity index (χ0v) is 7.90. The maximum atomic E-state index is 5.30. The predicted octanol–water partition coefficient (Wildman–Crippen LogP) is 3.42. The van der Waals surface area contributed by atoms with Gasteiger partial charge in [-0.15, -0.1) is 0 Å². The minimum atomic E-state index is 0.275. The van der Waals surface area contributed by atoms with Gasteiger partial charge >= 0.3 is 0 Å². The number of alkyl halides is 1. The molecule has 0 unspecified atom stereocenters. The molecule has 0 rings (SSSR count). The molecule has 0 aromatic carbocycles. The van der Waals surface area contributed by atoms with E-state index in [1.807, 2.05) is 0 Å². The first-order chi connectivity index (χ1) is 3.18. The summed E-state index contributed by atoms with van der Waals surface area (Å²) in [5, 5.41) is 0.662.